The molecule has 19 heavy (non-hydrogen) atoms. The fourth-order valence-electron chi connectivity index (χ4n) is 2.49. The van der Waals surface area contributed by atoms with Crippen molar-refractivity contribution >= 4 is 6.09 Å². The van der Waals surface area contributed by atoms with Crippen molar-refractivity contribution in [1.29, 1.82) is 0 Å². The molecule has 1 heterocycles. The number of amides is 1. The molecule has 1 atom stereocenters. The molecule has 0 radical (unpaired) electrons. The van der Waals surface area contributed by atoms with Gasteiger partial charge in [-0.3, -0.25) is 4.90 Å². The number of nitrogens with one attached hydrogen (secondary N) is 2. The Bertz CT molecular complexity index is 310. The van der Waals surface area contributed by atoms with Gasteiger partial charge in [0.15, 0.2) is 0 Å². The molecule has 2 rings (SSSR count). The van der Waals surface area contributed by atoms with Gasteiger partial charge in [0.25, 0.3) is 0 Å². The van der Waals surface area contributed by atoms with Crippen molar-refractivity contribution in [2.75, 3.05) is 32.7 Å². The van der Waals surface area contributed by atoms with Crippen molar-refractivity contribution in [3.8, 4) is 0 Å². The minimum atomic E-state index is -0.420. The molecule has 5 heteroatoms. The zero-order valence-electron chi connectivity index (χ0n) is 12.4. The Morgan fingerprint density at radius 1 is 1.42 bits per heavy atom. The van der Waals surface area contributed by atoms with E-state index in [0.717, 1.165) is 32.1 Å². The smallest absolute Gasteiger partial charge is 0.407 e. The van der Waals surface area contributed by atoms with Crippen LogP contribution in [-0.4, -0.2) is 55.4 Å². The highest BCUT2D eigenvalue weighted by molar-refractivity contribution is 5.67. The van der Waals surface area contributed by atoms with Crippen LogP contribution in [0.25, 0.3) is 0 Å². The summed E-state index contributed by atoms with van der Waals surface area (Å²) in [5, 5.41) is 6.41. The zero-order valence-corrected chi connectivity index (χ0v) is 12.4. The molecule has 5 nitrogen and oxygen atoms in total. The predicted octanol–water partition coefficient (Wildman–Crippen LogP) is 1.19. The molecule has 2 aliphatic rings. The standard InChI is InChI=1S/C14H27N3O2/c1-14(2,3)19-13(18)16-7-9-17-8-6-15-12(10-17)11-4-5-11/h11-12,15H,4-10H2,1-3H3,(H,16,18). The molecule has 1 saturated carbocycles. The number of rotatable bonds is 4. The molecule has 0 aromatic carbocycles. The fourth-order valence-corrected chi connectivity index (χ4v) is 2.49. The molecule has 2 N–H and O–H groups in total. The summed E-state index contributed by atoms with van der Waals surface area (Å²) >= 11 is 0. The van der Waals surface area contributed by atoms with Gasteiger partial charge in [-0.2, -0.15) is 0 Å². The van der Waals surface area contributed by atoms with Crippen LogP contribution in [0.4, 0.5) is 4.79 Å². The van der Waals surface area contributed by atoms with E-state index in [1.165, 1.54) is 12.8 Å². The SMILES string of the molecule is CC(C)(C)OC(=O)NCCN1CCNC(C2CC2)C1. The van der Waals surface area contributed by atoms with Crippen LogP contribution in [0.3, 0.4) is 0 Å². The zero-order chi connectivity index (χ0) is 13.9. The Morgan fingerprint density at radius 2 is 2.16 bits per heavy atom. The monoisotopic (exact) mass is 269 g/mol. The number of piperazine rings is 1. The number of alkyl carbamates (subject to hydrolysis) is 1. The van der Waals surface area contributed by atoms with E-state index in [1.54, 1.807) is 0 Å². The summed E-state index contributed by atoms with van der Waals surface area (Å²) < 4.78 is 5.22. The fraction of sp³-hybridized carbons (Fsp3) is 0.929. The average molecular weight is 269 g/mol. The molecule has 110 valence electrons. The van der Waals surface area contributed by atoms with Gasteiger partial charge in [-0.15, -0.1) is 0 Å². The van der Waals surface area contributed by atoms with E-state index in [4.69, 9.17) is 4.74 Å². The van der Waals surface area contributed by atoms with E-state index in [1.807, 2.05) is 20.8 Å². The summed E-state index contributed by atoms with van der Waals surface area (Å²) in [4.78, 5) is 13.9. The van der Waals surface area contributed by atoms with Gasteiger partial charge in [-0.05, 0) is 39.5 Å². The van der Waals surface area contributed by atoms with Crippen LogP contribution in [0.15, 0.2) is 0 Å². The molecule has 0 bridgehead atoms. The Kier molecular flexibility index (Phi) is 4.68. The number of ether oxygens (including phenoxy) is 1. The first-order chi connectivity index (χ1) is 8.94. The van der Waals surface area contributed by atoms with Gasteiger partial charge < -0.3 is 15.4 Å². The summed E-state index contributed by atoms with van der Waals surface area (Å²) in [6.07, 6.45) is 2.44. The van der Waals surface area contributed by atoms with Crippen LogP contribution in [0.5, 0.6) is 0 Å². The van der Waals surface area contributed by atoms with Gasteiger partial charge >= 0.3 is 6.09 Å². The minimum Gasteiger partial charge on any atom is -0.444 e. The van der Waals surface area contributed by atoms with Crippen LogP contribution in [0.2, 0.25) is 0 Å². The maximum Gasteiger partial charge on any atom is 0.407 e. The van der Waals surface area contributed by atoms with Gasteiger partial charge in [0.05, 0.1) is 0 Å². The molecule has 0 spiro atoms. The number of hydrogen-bond donors (Lipinski definition) is 2. The van der Waals surface area contributed by atoms with Gasteiger partial charge in [0, 0.05) is 38.8 Å². The average Bonchev–Trinajstić information content (AvgIpc) is 3.10. The van der Waals surface area contributed by atoms with Crippen LogP contribution < -0.4 is 10.6 Å². The van der Waals surface area contributed by atoms with Crippen LogP contribution in [0.1, 0.15) is 33.6 Å². The lowest BCUT2D eigenvalue weighted by Crippen LogP contribution is -2.53. The highest BCUT2D eigenvalue weighted by atomic mass is 16.6. The third-order valence-corrected chi connectivity index (χ3v) is 3.58. The van der Waals surface area contributed by atoms with E-state index < -0.39 is 5.60 Å². The number of carbonyl (C=O) groups is 1. The normalized spacial score (nSPS) is 25.1. The summed E-state index contributed by atoms with van der Waals surface area (Å²) in [6, 6.07) is 0.662. The molecule has 1 amide bonds. The van der Waals surface area contributed by atoms with E-state index in [0.29, 0.717) is 12.6 Å². The summed E-state index contributed by atoms with van der Waals surface area (Å²) in [5.74, 6) is 0.890. The van der Waals surface area contributed by atoms with Crippen LogP contribution in [-0.2, 0) is 4.74 Å². The predicted molar refractivity (Wildman–Crippen MR) is 75.2 cm³/mol. The van der Waals surface area contributed by atoms with Gasteiger partial charge in [-0.1, -0.05) is 0 Å². The first kappa shape index (κ1) is 14.6. The lowest BCUT2D eigenvalue weighted by molar-refractivity contribution is 0.0519. The number of hydrogen-bond acceptors (Lipinski definition) is 4. The molecule has 1 saturated heterocycles. The lowest BCUT2D eigenvalue weighted by Gasteiger charge is -2.33. The van der Waals surface area contributed by atoms with Gasteiger partial charge in [-0.25, -0.2) is 4.79 Å². The van der Waals surface area contributed by atoms with Crippen LogP contribution in [0, 0.1) is 5.92 Å². The van der Waals surface area contributed by atoms with Crippen molar-refractivity contribution < 1.29 is 9.53 Å². The Balaban J connectivity index is 1.61. The largest absolute Gasteiger partial charge is 0.444 e. The minimum absolute atomic E-state index is 0.318. The van der Waals surface area contributed by atoms with Crippen molar-refractivity contribution in [1.82, 2.24) is 15.5 Å². The second kappa shape index (κ2) is 6.09. The molecular weight excluding hydrogens is 242 g/mol. The third kappa shape index (κ3) is 5.37. The van der Waals surface area contributed by atoms with Crippen molar-refractivity contribution in [2.45, 2.75) is 45.3 Å². The Hall–Kier alpha value is -0.810. The second-order valence-corrected chi connectivity index (χ2v) is 6.63. The summed E-state index contributed by atoms with van der Waals surface area (Å²) in [6.45, 7) is 10.4. The molecule has 0 aromatic rings. The maximum absolute atomic E-state index is 11.5. The first-order valence-electron chi connectivity index (χ1n) is 7.36. The van der Waals surface area contributed by atoms with Gasteiger partial charge in [0.1, 0.15) is 5.60 Å². The quantitative estimate of drug-likeness (QED) is 0.805. The Morgan fingerprint density at radius 3 is 2.79 bits per heavy atom. The molecule has 2 fully saturated rings. The first-order valence-corrected chi connectivity index (χ1v) is 7.36. The maximum atomic E-state index is 11.5. The molecular formula is C14H27N3O2. The molecule has 1 aliphatic heterocycles. The third-order valence-electron chi connectivity index (χ3n) is 3.58. The Labute approximate surface area is 116 Å². The highest BCUT2D eigenvalue weighted by Crippen LogP contribution is 2.33. The molecule has 1 unspecified atom stereocenters. The molecule has 1 aliphatic carbocycles. The van der Waals surface area contributed by atoms with Crippen molar-refractivity contribution in [3.05, 3.63) is 0 Å². The summed E-state index contributed by atoms with van der Waals surface area (Å²) in [7, 11) is 0. The number of nitrogens with zero attached hydrogens (tertiary/aromatic N) is 1. The summed E-state index contributed by atoms with van der Waals surface area (Å²) in [5.41, 5.74) is -0.420. The topological polar surface area (TPSA) is 53.6 Å². The van der Waals surface area contributed by atoms with E-state index in [9.17, 15) is 4.79 Å². The van der Waals surface area contributed by atoms with Crippen molar-refractivity contribution in [3.63, 3.8) is 0 Å². The van der Waals surface area contributed by atoms with E-state index in [2.05, 4.69) is 15.5 Å². The number of carbonyl (C=O) groups excluding carboxylic acids is 1. The van der Waals surface area contributed by atoms with Crippen LogP contribution >= 0.6 is 0 Å². The lowest BCUT2D eigenvalue weighted by atomic mass is 10.1. The van der Waals surface area contributed by atoms with E-state index >= 15 is 0 Å². The van der Waals surface area contributed by atoms with E-state index in [-0.39, 0.29) is 6.09 Å². The second-order valence-electron chi connectivity index (χ2n) is 6.63. The van der Waals surface area contributed by atoms with Gasteiger partial charge in [0.2, 0.25) is 0 Å². The molecule has 0 aromatic heterocycles. The van der Waals surface area contributed by atoms with Crippen molar-refractivity contribution in [2.24, 2.45) is 5.92 Å². The highest BCUT2D eigenvalue weighted by Gasteiger charge is 2.33.